The first-order valence-electron chi connectivity index (χ1n) is 11.0. The van der Waals surface area contributed by atoms with E-state index in [0.717, 1.165) is 36.3 Å². The van der Waals surface area contributed by atoms with Gasteiger partial charge < -0.3 is 9.47 Å². The first-order valence-corrected chi connectivity index (χ1v) is 11.0. The molecule has 158 valence electrons. The number of carbonyl (C=O) groups is 1. The van der Waals surface area contributed by atoms with Crippen LogP contribution in [-0.4, -0.2) is 17.6 Å². The molecule has 1 atom stereocenters. The summed E-state index contributed by atoms with van der Waals surface area (Å²) >= 11 is 0. The van der Waals surface area contributed by atoms with Crippen molar-refractivity contribution >= 4 is 5.97 Å². The number of nitrogens with zero attached hydrogens (tertiary/aromatic N) is 1. The van der Waals surface area contributed by atoms with Crippen LogP contribution in [0.15, 0.2) is 42.6 Å². The van der Waals surface area contributed by atoms with Gasteiger partial charge in [0.05, 0.1) is 18.5 Å². The molecule has 0 spiro atoms. The standard InChI is InChI=1S/C25H35NO3/c1-4-6-7-8-9-10-11-25(27)29-22-14-12-21(13-15-22)24-17-16-23(18-26-24)28-19-20(3)5-2/h12-18,20H,4-11,19H2,1-3H3. The first-order chi connectivity index (χ1) is 14.1. The van der Waals surface area contributed by atoms with Crippen molar-refractivity contribution in [2.45, 2.75) is 72.1 Å². The zero-order valence-electron chi connectivity index (χ0n) is 18.2. The molecule has 1 unspecified atom stereocenters. The number of esters is 1. The molecule has 2 aromatic rings. The van der Waals surface area contributed by atoms with E-state index in [1.165, 1.54) is 25.7 Å². The summed E-state index contributed by atoms with van der Waals surface area (Å²) in [4.78, 5) is 16.5. The Morgan fingerprint density at radius 1 is 0.931 bits per heavy atom. The fourth-order valence-corrected chi connectivity index (χ4v) is 2.92. The van der Waals surface area contributed by atoms with Gasteiger partial charge in [-0.05, 0) is 48.7 Å². The van der Waals surface area contributed by atoms with Crippen molar-refractivity contribution in [2.75, 3.05) is 6.61 Å². The first kappa shape index (κ1) is 22.9. The molecule has 0 aliphatic carbocycles. The lowest BCUT2D eigenvalue weighted by Gasteiger charge is -2.11. The molecule has 4 heteroatoms. The Labute approximate surface area is 175 Å². The molecule has 2 rings (SSSR count). The van der Waals surface area contributed by atoms with Gasteiger partial charge >= 0.3 is 5.97 Å². The van der Waals surface area contributed by atoms with Crippen molar-refractivity contribution < 1.29 is 14.3 Å². The second-order valence-electron chi connectivity index (χ2n) is 7.72. The summed E-state index contributed by atoms with van der Waals surface area (Å²) in [5.41, 5.74) is 1.85. The van der Waals surface area contributed by atoms with Gasteiger partial charge in [-0.1, -0.05) is 59.3 Å². The van der Waals surface area contributed by atoms with Gasteiger partial charge in [-0.3, -0.25) is 9.78 Å². The minimum atomic E-state index is -0.158. The van der Waals surface area contributed by atoms with E-state index in [0.29, 0.717) is 24.7 Å². The molecule has 0 aliphatic rings. The van der Waals surface area contributed by atoms with Crippen LogP contribution in [0.1, 0.15) is 72.1 Å². The van der Waals surface area contributed by atoms with Gasteiger partial charge in [-0.25, -0.2) is 0 Å². The second-order valence-corrected chi connectivity index (χ2v) is 7.72. The van der Waals surface area contributed by atoms with Crippen LogP contribution in [-0.2, 0) is 4.79 Å². The molecule has 0 saturated carbocycles. The molecule has 1 heterocycles. The van der Waals surface area contributed by atoms with E-state index in [9.17, 15) is 4.79 Å². The van der Waals surface area contributed by atoms with E-state index in [2.05, 4.69) is 25.8 Å². The minimum Gasteiger partial charge on any atom is -0.492 e. The number of carbonyl (C=O) groups excluding carboxylic acids is 1. The van der Waals surface area contributed by atoms with Crippen LogP contribution in [0.25, 0.3) is 11.3 Å². The van der Waals surface area contributed by atoms with E-state index in [1.54, 1.807) is 6.20 Å². The normalized spacial score (nSPS) is 11.8. The van der Waals surface area contributed by atoms with Crippen molar-refractivity contribution in [3.8, 4) is 22.8 Å². The molecule has 1 aromatic carbocycles. The van der Waals surface area contributed by atoms with Crippen LogP contribution in [0.3, 0.4) is 0 Å². The van der Waals surface area contributed by atoms with E-state index in [1.807, 2.05) is 36.4 Å². The zero-order chi connectivity index (χ0) is 20.9. The summed E-state index contributed by atoms with van der Waals surface area (Å²) in [6, 6.07) is 11.4. The Hall–Kier alpha value is -2.36. The summed E-state index contributed by atoms with van der Waals surface area (Å²) in [7, 11) is 0. The third-order valence-electron chi connectivity index (χ3n) is 5.08. The molecule has 0 bridgehead atoms. The van der Waals surface area contributed by atoms with Gasteiger partial charge in [0.2, 0.25) is 0 Å². The summed E-state index contributed by atoms with van der Waals surface area (Å²) in [6.45, 7) is 7.24. The Balaban J connectivity index is 1.78. The predicted molar refractivity (Wildman–Crippen MR) is 118 cm³/mol. The van der Waals surface area contributed by atoms with Gasteiger partial charge in [0, 0.05) is 12.0 Å². The Morgan fingerprint density at radius 2 is 1.62 bits per heavy atom. The van der Waals surface area contributed by atoms with Crippen LogP contribution in [0.2, 0.25) is 0 Å². The van der Waals surface area contributed by atoms with Gasteiger partial charge in [-0.2, -0.15) is 0 Å². The Bertz CT molecular complexity index is 710. The molecule has 29 heavy (non-hydrogen) atoms. The highest BCUT2D eigenvalue weighted by Crippen LogP contribution is 2.23. The molecule has 0 fully saturated rings. The highest BCUT2D eigenvalue weighted by atomic mass is 16.5. The van der Waals surface area contributed by atoms with Crippen molar-refractivity contribution in [3.63, 3.8) is 0 Å². The molecule has 0 saturated heterocycles. The van der Waals surface area contributed by atoms with E-state index in [-0.39, 0.29) is 5.97 Å². The third kappa shape index (κ3) is 8.68. The minimum absolute atomic E-state index is 0.158. The maximum absolute atomic E-state index is 12.0. The average Bonchev–Trinajstić information content (AvgIpc) is 2.75. The lowest BCUT2D eigenvalue weighted by Crippen LogP contribution is -2.07. The number of hydrogen-bond donors (Lipinski definition) is 0. The number of ether oxygens (including phenoxy) is 2. The van der Waals surface area contributed by atoms with E-state index >= 15 is 0 Å². The lowest BCUT2D eigenvalue weighted by molar-refractivity contribution is -0.134. The summed E-state index contributed by atoms with van der Waals surface area (Å²) in [5.74, 6) is 1.74. The molecular weight excluding hydrogens is 362 g/mol. The van der Waals surface area contributed by atoms with Crippen LogP contribution in [0.5, 0.6) is 11.5 Å². The predicted octanol–water partition coefficient (Wildman–Crippen LogP) is 6.83. The highest BCUT2D eigenvalue weighted by molar-refractivity contribution is 5.72. The quantitative estimate of drug-likeness (QED) is 0.211. The molecule has 1 aromatic heterocycles. The number of aromatic nitrogens is 1. The average molecular weight is 398 g/mol. The number of unbranched alkanes of at least 4 members (excludes halogenated alkanes) is 5. The SMILES string of the molecule is CCCCCCCCC(=O)Oc1ccc(-c2ccc(OCC(C)CC)cn2)cc1. The summed E-state index contributed by atoms with van der Waals surface area (Å²) < 4.78 is 11.2. The van der Waals surface area contributed by atoms with Crippen LogP contribution in [0.4, 0.5) is 0 Å². The molecule has 4 nitrogen and oxygen atoms in total. The van der Waals surface area contributed by atoms with Crippen LogP contribution in [0, 0.1) is 5.92 Å². The number of hydrogen-bond acceptors (Lipinski definition) is 4. The highest BCUT2D eigenvalue weighted by Gasteiger charge is 2.07. The number of benzene rings is 1. The van der Waals surface area contributed by atoms with Crippen LogP contribution < -0.4 is 9.47 Å². The van der Waals surface area contributed by atoms with Gasteiger partial charge in [-0.15, -0.1) is 0 Å². The molecule has 0 amide bonds. The van der Waals surface area contributed by atoms with Gasteiger partial charge in [0.1, 0.15) is 11.5 Å². The molecular formula is C25H35NO3. The maximum Gasteiger partial charge on any atom is 0.311 e. The number of pyridine rings is 1. The van der Waals surface area contributed by atoms with E-state index < -0.39 is 0 Å². The Kier molecular flexibility index (Phi) is 10.3. The third-order valence-corrected chi connectivity index (χ3v) is 5.08. The number of rotatable bonds is 13. The van der Waals surface area contributed by atoms with Crippen molar-refractivity contribution in [1.29, 1.82) is 0 Å². The molecule has 0 aliphatic heterocycles. The van der Waals surface area contributed by atoms with E-state index in [4.69, 9.17) is 9.47 Å². The fraction of sp³-hybridized carbons (Fsp3) is 0.520. The van der Waals surface area contributed by atoms with Crippen molar-refractivity contribution in [1.82, 2.24) is 4.98 Å². The van der Waals surface area contributed by atoms with Gasteiger partial charge in [0.15, 0.2) is 0 Å². The maximum atomic E-state index is 12.0. The van der Waals surface area contributed by atoms with Gasteiger partial charge in [0.25, 0.3) is 0 Å². The monoisotopic (exact) mass is 397 g/mol. The van der Waals surface area contributed by atoms with Crippen molar-refractivity contribution in [3.05, 3.63) is 42.6 Å². The smallest absolute Gasteiger partial charge is 0.311 e. The largest absolute Gasteiger partial charge is 0.492 e. The second kappa shape index (κ2) is 13.0. The summed E-state index contributed by atoms with van der Waals surface area (Å²) in [6.07, 6.45) is 10.3. The molecule has 0 radical (unpaired) electrons. The zero-order valence-corrected chi connectivity index (χ0v) is 18.2. The summed E-state index contributed by atoms with van der Waals surface area (Å²) in [5, 5.41) is 0. The van der Waals surface area contributed by atoms with Crippen LogP contribution >= 0.6 is 0 Å². The lowest BCUT2D eigenvalue weighted by atomic mass is 10.1. The topological polar surface area (TPSA) is 48.4 Å². The Morgan fingerprint density at radius 3 is 2.28 bits per heavy atom. The fourth-order valence-electron chi connectivity index (χ4n) is 2.92. The van der Waals surface area contributed by atoms with Crippen molar-refractivity contribution in [2.24, 2.45) is 5.92 Å². The molecule has 0 N–H and O–H groups in total.